The van der Waals surface area contributed by atoms with Crippen LogP contribution < -0.4 is 14.8 Å². The van der Waals surface area contributed by atoms with Crippen molar-refractivity contribution in [2.24, 2.45) is 0 Å². The zero-order valence-electron chi connectivity index (χ0n) is 17.8. The molecule has 0 spiro atoms. The molecule has 0 saturated carbocycles. The van der Waals surface area contributed by atoms with Crippen molar-refractivity contribution in [3.8, 4) is 11.5 Å². The van der Waals surface area contributed by atoms with E-state index in [1.165, 1.54) is 11.8 Å². The average Bonchev–Trinajstić information content (AvgIpc) is 3.12. The van der Waals surface area contributed by atoms with Gasteiger partial charge in [0, 0.05) is 13.1 Å². The molecule has 0 aliphatic rings. The molecule has 3 aromatic rings. The SMILES string of the molecule is CCOc1ccc(CCNC(=O)CSc2nc3ccccc3n2CC)cc1OCC. The van der Waals surface area contributed by atoms with Gasteiger partial charge in [0.15, 0.2) is 16.7 Å². The number of ether oxygens (including phenoxy) is 2. The second kappa shape index (κ2) is 10.9. The maximum Gasteiger partial charge on any atom is 0.230 e. The summed E-state index contributed by atoms with van der Waals surface area (Å²) in [5, 5.41) is 3.87. The molecule has 30 heavy (non-hydrogen) atoms. The van der Waals surface area contributed by atoms with Crippen LogP contribution in [0.4, 0.5) is 0 Å². The summed E-state index contributed by atoms with van der Waals surface area (Å²) in [6, 6.07) is 14.0. The van der Waals surface area contributed by atoms with Gasteiger partial charge >= 0.3 is 0 Å². The number of nitrogens with one attached hydrogen (secondary N) is 1. The Hall–Kier alpha value is -2.67. The molecule has 6 nitrogen and oxygen atoms in total. The van der Waals surface area contributed by atoms with Gasteiger partial charge in [-0.2, -0.15) is 0 Å². The van der Waals surface area contributed by atoms with E-state index in [4.69, 9.17) is 9.47 Å². The number of hydrogen-bond acceptors (Lipinski definition) is 5. The van der Waals surface area contributed by atoms with Gasteiger partial charge in [0.2, 0.25) is 5.91 Å². The molecule has 1 amide bonds. The van der Waals surface area contributed by atoms with E-state index in [-0.39, 0.29) is 5.91 Å². The van der Waals surface area contributed by atoms with Crippen LogP contribution in [0, 0.1) is 0 Å². The number of carbonyl (C=O) groups excluding carboxylic acids is 1. The molecule has 0 saturated heterocycles. The van der Waals surface area contributed by atoms with Crippen LogP contribution in [0.5, 0.6) is 11.5 Å². The first-order chi connectivity index (χ1) is 14.7. The first kappa shape index (κ1) is 22.0. The van der Waals surface area contributed by atoms with Crippen LogP contribution in [0.3, 0.4) is 0 Å². The Morgan fingerprint density at radius 3 is 2.60 bits per heavy atom. The molecular formula is C23H29N3O3S. The first-order valence-corrected chi connectivity index (χ1v) is 11.4. The van der Waals surface area contributed by atoms with Gasteiger partial charge in [-0.1, -0.05) is 30.0 Å². The van der Waals surface area contributed by atoms with Crippen molar-refractivity contribution in [3.05, 3.63) is 48.0 Å². The van der Waals surface area contributed by atoms with Gasteiger partial charge in [0.1, 0.15) is 0 Å². The summed E-state index contributed by atoms with van der Waals surface area (Å²) in [4.78, 5) is 17.0. The van der Waals surface area contributed by atoms with Crippen LogP contribution >= 0.6 is 11.8 Å². The summed E-state index contributed by atoms with van der Waals surface area (Å²) >= 11 is 1.47. The van der Waals surface area contributed by atoms with E-state index in [1.54, 1.807) is 0 Å². The standard InChI is InChI=1S/C23H29N3O3S/c1-4-26-19-10-8-7-9-18(19)25-23(26)30-16-22(27)24-14-13-17-11-12-20(28-5-2)21(15-17)29-6-3/h7-12,15H,4-6,13-14,16H2,1-3H3,(H,24,27). The zero-order chi connectivity index (χ0) is 21.3. The first-order valence-electron chi connectivity index (χ1n) is 10.4. The molecule has 0 radical (unpaired) electrons. The average molecular weight is 428 g/mol. The highest BCUT2D eigenvalue weighted by molar-refractivity contribution is 7.99. The Labute approximate surface area is 182 Å². The summed E-state index contributed by atoms with van der Waals surface area (Å²) in [5.41, 5.74) is 3.16. The van der Waals surface area contributed by atoms with E-state index in [1.807, 2.05) is 50.2 Å². The highest BCUT2D eigenvalue weighted by Gasteiger charge is 2.12. The topological polar surface area (TPSA) is 65.4 Å². The van der Waals surface area contributed by atoms with Crippen LogP contribution in [0.15, 0.2) is 47.6 Å². The molecule has 0 atom stereocenters. The van der Waals surface area contributed by atoms with E-state index in [0.717, 1.165) is 46.2 Å². The monoisotopic (exact) mass is 427 g/mol. The number of amides is 1. The number of aryl methyl sites for hydroxylation is 1. The van der Waals surface area contributed by atoms with Crippen LogP contribution in [-0.4, -0.2) is 41.0 Å². The van der Waals surface area contributed by atoms with Gasteiger partial charge in [0.05, 0.1) is 30.0 Å². The van der Waals surface area contributed by atoms with E-state index < -0.39 is 0 Å². The second-order valence-corrected chi connectivity index (χ2v) is 7.61. The van der Waals surface area contributed by atoms with Crippen LogP contribution in [-0.2, 0) is 17.8 Å². The summed E-state index contributed by atoms with van der Waals surface area (Å²) < 4.78 is 13.4. The minimum atomic E-state index is 0.00526. The largest absolute Gasteiger partial charge is 0.490 e. The molecule has 0 aliphatic heterocycles. The molecule has 1 aromatic heterocycles. The number of aromatic nitrogens is 2. The lowest BCUT2D eigenvalue weighted by Crippen LogP contribution is -2.27. The fraction of sp³-hybridized carbons (Fsp3) is 0.391. The van der Waals surface area contributed by atoms with E-state index >= 15 is 0 Å². The lowest BCUT2D eigenvalue weighted by atomic mass is 10.1. The summed E-state index contributed by atoms with van der Waals surface area (Å²) in [7, 11) is 0. The lowest BCUT2D eigenvalue weighted by Gasteiger charge is -2.12. The van der Waals surface area contributed by atoms with Crippen molar-refractivity contribution in [1.82, 2.24) is 14.9 Å². The summed E-state index contributed by atoms with van der Waals surface area (Å²) in [6.07, 6.45) is 0.732. The van der Waals surface area contributed by atoms with Gasteiger partial charge in [-0.15, -0.1) is 0 Å². The molecule has 0 fully saturated rings. The maximum atomic E-state index is 12.3. The molecular weight excluding hydrogens is 398 g/mol. The number of carbonyl (C=O) groups is 1. The Balaban J connectivity index is 1.51. The third kappa shape index (κ3) is 5.48. The Kier molecular flexibility index (Phi) is 8.02. The second-order valence-electron chi connectivity index (χ2n) is 6.66. The van der Waals surface area contributed by atoms with Crippen molar-refractivity contribution in [3.63, 3.8) is 0 Å². The fourth-order valence-electron chi connectivity index (χ4n) is 3.25. The van der Waals surface area contributed by atoms with E-state index in [0.29, 0.717) is 25.5 Å². The third-order valence-electron chi connectivity index (χ3n) is 4.61. The maximum absolute atomic E-state index is 12.3. The normalized spacial score (nSPS) is 10.9. The quantitative estimate of drug-likeness (QED) is 0.462. The van der Waals surface area contributed by atoms with Gasteiger partial charge in [0.25, 0.3) is 0 Å². The van der Waals surface area contributed by atoms with Crippen molar-refractivity contribution in [2.45, 2.75) is 38.9 Å². The predicted octanol–water partition coefficient (Wildman–Crippen LogP) is 4.30. The van der Waals surface area contributed by atoms with E-state index in [2.05, 4.69) is 27.9 Å². The lowest BCUT2D eigenvalue weighted by molar-refractivity contribution is -0.118. The Morgan fingerprint density at radius 2 is 1.83 bits per heavy atom. The Bertz CT molecular complexity index is 987. The molecule has 3 rings (SSSR count). The van der Waals surface area contributed by atoms with Crippen LogP contribution in [0.25, 0.3) is 11.0 Å². The van der Waals surface area contributed by atoms with Crippen molar-refractivity contribution in [2.75, 3.05) is 25.5 Å². The Morgan fingerprint density at radius 1 is 1.07 bits per heavy atom. The highest BCUT2D eigenvalue weighted by atomic mass is 32.2. The van der Waals surface area contributed by atoms with Crippen molar-refractivity contribution >= 4 is 28.7 Å². The molecule has 1 heterocycles. The minimum Gasteiger partial charge on any atom is -0.490 e. The number of imidazole rings is 1. The molecule has 0 aliphatic carbocycles. The van der Waals surface area contributed by atoms with Crippen molar-refractivity contribution in [1.29, 1.82) is 0 Å². The predicted molar refractivity (Wildman–Crippen MR) is 122 cm³/mol. The number of benzene rings is 2. The number of nitrogens with zero attached hydrogens (tertiary/aromatic N) is 2. The van der Waals surface area contributed by atoms with Gasteiger partial charge in [-0.25, -0.2) is 4.98 Å². The van der Waals surface area contributed by atoms with Crippen LogP contribution in [0.2, 0.25) is 0 Å². The molecule has 160 valence electrons. The third-order valence-corrected chi connectivity index (χ3v) is 5.59. The minimum absolute atomic E-state index is 0.00526. The van der Waals surface area contributed by atoms with Crippen molar-refractivity contribution < 1.29 is 14.3 Å². The van der Waals surface area contributed by atoms with Gasteiger partial charge in [-0.05, 0) is 57.0 Å². The number of fused-ring (bicyclic) bond motifs is 1. The molecule has 0 unspecified atom stereocenters. The van der Waals surface area contributed by atoms with E-state index in [9.17, 15) is 4.79 Å². The number of rotatable bonds is 11. The smallest absolute Gasteiger partial charge is 0.230 e. The molecule has 7 heteroatoms. The number of thioether (sulfide) groups is 1. The zero-order valence-corrected chi connectivity index (χ0v) is 18.6. The summed E-state index contributed by atoms with van der Waals surface area (Å²) in [5.74, 6) is 1.85. The molecule has 1 N–H and O–H groups in total. The number of para-hydroxylation sites is 2. The van der Waals surface area contributed by atoms with Gasteiger partial charge < -0.3 is 19.4 Å². The van der Waals surface area contributed by atoms with Gasteiger partial charge in [-0.3, -0.25) is 4.79 Å². The number of hydrogen-bond donors (Lipinski definition) is 1. The highest BCUT2D eigenvalue weighted by Crippen LogP contribution is 2.28. The van der Waals surface area contributed by atoms with Crippen LogP contribution in [0.1, 0.15) is 26.3 Å². The molecule has 2 aromatic carbocycles. The molecule has 0 bridgehead atoms. The summed E-state index contributed by atoms with van der Waals surface area (Å²) in [6.45, 7) is 8.57. The fourth-order valence-corrected chi connectivity index (χ4v) is 4.16.